The Hall–Kier alpha value is -2.93. The van der Waals surface area contributed by atoms with Crippen LogP contribution in [0.5, 0.6) is 5.75 Å². The van der Waals surface area contributed by atoms with Crippen LogP contribution < -0.4 is 10.1 Å². The molecule has 0 saturated carbocycles. The molecule has 1 amide bonds. The standard InChI is InChI=1S/C21H25N5O2/c1-28-18-9-7-16(8-10-18)13-22-20(27)15-25-11-4-5-17(14-25)21-24-23-19-6-2-3-12-26(19)21/h2-3,6-10,12,17H,4-5,11,13-15H2,1H3,(H,22,27). The van der Waals surface area contributed by atoms with Crippen molar-refractivity contribution in [3.05, 3.63) is 60.0 Å². The summed E-state index contributed by atoms with van der Waals surface area (Å²) in [5.41, 5.74) is 1.92. The maximum atomic E-state index is 12.4. The van der Waals surface area contributed by atoms with Crippen molar-refractivity contribution in [2.45, 2.75) is 25.3 Å². The zero-order chi connectivity index (χ0) is 19.3. The highest BCUT2D eigenvalue weighted by atomic mass is 16.5. The number of nitrogens with one attached hydrogen (secondary N) is 1. The fourth-order valence-electron chi connectivity index (χ4n) is 3.75. The molecule has 1 N–H and O–H groups in total. The van der Waals surface area contributed by atoms with Gasteiger partial charge in [0.25, 0.3) is 0 Å². The van der Waals surface area contributed by atoms with Gasteiger partial charge in [-0.15, -0.1) is 10.2 Å². The van der Waals surface area contributed by atoms with Gasteiger partial charge >= 0.3 is 0 Å². The van der Waals surface area contributed by atoms with Crippen LogP contribution in [0, 0.1) is 0 Å². The second-order valence-corrected chi connectivity index (χ2v) is 7.19. The fraction of sp³-hybridized carbons (Fsp3) is 0.381. The van der Waals surface area contributed by atoms with Gasteiger partial charge in [-0.1, -0.05) is 18.2 Å². The smallest absolute Gasteiger partial charge is 0.234 e. The molecule has 7 nitrogen and oxygen atoms in total. The zero-order valence-electron chi connectivity index (χ0n) is 16.0. The SMILES string of the molecule is COc1ccc(CNC(=O)CN2CCCC(c3nnc4ccccn34)C2)cc1. The first-order valence-electron chi connectivity index (χ1n) is 9.64. The number of nitrogens with zero attached hydrogens (tertiary/aromatic N) is 4. The van der Waals surface area contributed by atoms with Gasteiger partial charge in [-0.05, 0) is 49.2 Å². The number of hydrogen-bond donors (Lipinski definition) is 1. The number of carbonyl (C=O) groups excluding carboxylic acids is 1. The van der Waals surface area contributed by atoms with Crippen LogP contribution in [0.15, 0.2) is 48.7 Å². The van der Waals surface area contributed by atoms with Gasteiger partial charge < -0.3 is 10.1 Å². The summed E-state index contributed by atoms with van der Waals surface area (Å²) in [5.74, 6) is 2.14. The predicted molar refractivity (Wildman–Crippen MR) is 106 cm³/mol. The number of carbonyl (C=O) groups is 1. The molecule has 0 bridgehead atoms. The molecule has 28 heavy (non-hydrogen) atoms. The normalized spacial score (nSPS) is 17.5. The third-order valence-electron chi connectivity index (χ3n) is 5.23. The third-order valence-corrected chi connectivity index (χ3v) is 5.23. The number of benzene rings is 1. The minimum Gasteiger partial charge on any atom is -0.497 e. The molecule has 146 valence electrons. The van der Waals surface area contributed by atoms with Crippen molar-refractivity contribution < 1.29 is 9.53 Å². The molecule has 1 aliphatic heterocycles. The van der Waals surface area contributed by atoms with E-state index in [1.807, 2.05) is 48.7 Å². The van der Waals surface area contributed by atoms with Crippen LogP contribution in [-0.4, -0.2) is 52.1 Å². The minimum absolute atomic E-state index is 0.0440. The summed E-state index contributed by atoms with van der Waals surface area (Å²) in [5, 5.41) is 11.7. The fourth-order valence-corrected chi connectivity index (χ4v) is 3.75. The third kappa shape index (κ3) is 4.14. The number of fused-ring (bicyclic) bond motifs is 1. The van der Waals surface area contributed by atoms with E-state index in [9.17, 15) is 4.79 Å². The summed E-state index contributed by atoms with van der Waals surface area (Å²) in [6.07, 6.45) is 4.13. The highest BCUT2D eigenvalue weighted by Gasteiger charge is 2.26. The van der Waals surface area contributed by atoms with Gasteiger partial charge in [0.05, 0.1) is 13.7 Å². The van der Waals surface area contributed by atoms with Crippen LogP contribution in [-0.2, 0) is 11.3 Å². The van der Waals surface area contributed by atoms with E-state index in [-0.39, 0.29) is 5.91 Å². The average molecular weight is 379 g/mol. The molecule has 4 rings (SSSR count). The van der Waals surface area contributed by atoms with E-state index in [1.165, 1.54) is 0 Å². The van der Waals surface area contributed by atoms with Gasteiger partial charge in [0.2, 0.25) is 5.91 Å². The molecular formula is C21H25N5O2. The van der Waals surface area contributed by atoms with Gasteiger partial charge in [-0.25, -0.2) is 0 Å². The molecule has 2 aromatic heterocycles. The summed E-state index contributed by atoms with van der Waals surface area (Å²) in [7, 11) is 1.64. The van der Waals surface area contributed by atoms with Gasteiger partial charge in [0.1, 0.15) is 11.6 Å². The maximum Gasteiger partial charge on any atom is 0.234 e. The van der Waals surface area contributed by atoms with Crippen LogP contribution in [0.1, 0.15) is 30.1 Å². The molecule has 0 radical (unpaired) electrons. The lowest BCUT2D eigenvalue weighted by molar-refractivity contribution is -0.122. The van der Waals surface area contributed by atoms with Crippen molar-refractivity contribution in [3.8, 4) is 5.75 Å². The maximum absolute atomic E-state index is 12.4. The number of likely N-dealkylation sites (tertiary alicyclic amines) is 1. The molecule has 1 saturated heterocycles. The molecule has 1 unspecified atom stereocenters. The molecule has 3 aromatic rings. The van der Waals surface area contributed by atoms with Crippen molar-refractivity contribution in [2.24, 2.45) is 0 Å². The number of piperidine rings is 1. The lowest BCUT2D eigenvalue weighted by atomic mass is 9.97. The zero-order valence-corrected chi connectivity index (χ0v) is 16.0. The molecule has 1 fully saturated rings. The molecule has 0 spiro atoms. The molecular weight excluding hydrogens is 354 g/mol. The number of hydrogen-bond acceptors (Lipinski definition) is 5. The average Bonchev–Trinajstić information content (AvgIpc) is 3.17. The monoisotopic (exact) mass is 379 g/mol. The molecule has 1 atom stereocenters. The number of amides is 1. The number of rotatable bonds is 6. The Morgan fingerprint density at radius 1 is 1.21 bits per heavy atom. The first-order valence-corrected chi connectivity index (χ1v) is 9.64. The summed E-state index contributed by atoms with van der Waals surface area (Å²) < 4.78 is 7.21. The molecule has 7 heteroatoms. The van der Waals surface area contributed by atoms with Gasteiger partial charge in [-0.2, -0.15) is 0 Å². The van der Waals surface area contributed by atoms with E-state index in [4.69, 9.17) is 4.74 Å². The number of ether oxygens (including phenoxy) is 1. The van der Waals surface area contributed by atoms with E-state index in [0.717, 1.165) is 48.7 Å². The number of aromatic nitrogens is 3. The highest BCUT2D eigenvalue weighted by Crippen LogP contribution is 2.25. The largest absolute Gasteiger partial charge is 0.497 e. The van der Waals surface area contributed by atoms with Crippen LogP contribution >= 0.6 is 0 Å². The Morgan fingerprint density at radius 3 is 2.89 bits per heavy atom. The van der Waals surface area contributed by atoms with E-state index in [0.29, 0.717) is 19.0 Å². The molecule has 1 aliphatic rings. The topological polar surface area (TPSA) is 71.8 Å². The minimum atomic E-state index is 0.0440. The number of methoxy groups -OCH3 is 1. The Kier molecular flexibility index (Phi) is 5.53. The second-order valence-electron chi connectivity index (χ2n) is 7.19. The summed E-state index contributed by atoms with van der Waals surface area (Å²) in [4.78, 5) is 14.6. The summed E-state index contributed by atoms with van der Waals surface area (Å²) >= 11 is 0. The quantitative estimate of drug-likeness (QED) is 0.711. The Morgan fingerprint density at radius 2 is 2.07 bits per heavy atom. The Balaban J connectivity index is 1.32. The van der Waals surface area contributed by atoms with Crippen LogP contribution in [0.25, 0.3) is 5.65 Å². The first-order chi connectivity index (χ1) is 13.7. The van der Waals surface area contributed by atoms with E-state index in [1.54, 1.807) is 7.11 Å². The van der Waals surface area contributed by atoms with Gasteiger partial charge in [-0.3, -0.25) is 14.1 Å². The van der Waals surface area contributed by atoms with Crippen molar-refractivity contribution >= 4 is 11.6 Å². The molecule has 0 aliphatic carbocycles. The van der Waals surface area contributed by atoms with Crippen molar-refractivity contribution in [1.82, 2.24) is 24.8 Å². The Bertz CT molecular complexity index is 937. The van der Waals surface area contributed by atoms with Crippen molar-refractivity contribution in [3.63, 3.8) is 0 Å². The number of pyridine rings is 1. The molecule has 3 heterocycles. The van der Waals surface area contributed by atoms with Crippen LogP contribution in [0.2, 0.25) is 0 Å². The van der Waals surface area contributed by atoms with Gasteiger partial charge in [0.15, 0.2) is 5.65 Å². The predicted octanol–water partition coefficient (Wildman–Crippen LogP) is 2.23. The summed E-state index contributed by atoms with van der Waals surface area (Å²) in [6.45, 7) is 2.69. The lowest BCUT2D eigenvalue weighted by Crippen LogP contribution is -2.42. The van der Waals surface area contributed by atoms with Gasteiger partial charge in [0, 0.05) is 25.2 Å². The van der Waals surface area contributed by atoms with Crippen LogP contribution in [0.4, 0.5) is 0 Å². The van der Waals surface area contributed by atoms with E-state index in [2.05, 4.69) is 24.8 Å². The second kappa shape index (κ2) is 8.39. The highest BCUT2D eigenvalue weighted by molar-refractivity contribution is 5.78. The Labute approximate surface area is 164 Å². The van der Waals surface area contributed by atoms with Crippen molar-refractivity contribution in [2.75, 3.05) is 26.7 Å². The molecule has 1 aromatic carbocycles. The first kappa shape index (κ1) is 18.4. The lowest BCUT2D eigenvalue weighted by Gasteiger charge is -2.31. The van der Waals surface area contributed by atoms with E-state index >= 15 is 0 Å². The summed E-state index contributed by atoms with van der Waals surface area (Å²) in [6, 6.07) is 13.7. The van der Waals surface area contributed by atoms with Crippen molar-refractivity contribution in [1.29, 1.82) is 0 Å². The van der Waals surface area contributed by atoms with E-state index < -0.39 is 0 Å². The van der Waals surface area contributed by atoms with Crippen LogP contribution in [0.3, 0.4) is 0 Å².